The van der Waals surface area contributed by atoms with Gasteiger partial charge in [0.15, 0.2) is 0 Å². The summed E-state index contributed by atoms with van der Waals surface area (Å²) in [7, 11) is 0. The molecule has 4 heteroatoms. The van der Waals surface area contributed by atoms with Crippen LogP contribution in [0.3, 0.4) is 0 Å². The molecule has 88 valence electrons. The van der Waals surface area contributed by atoms with E-state index in [-0.39, 0.29) is 18.3 Å². The molecule has 0 aromatic heterocycles. The maximum Gasteiger partial charge on any atom is 0.128 e. The summed E-state index contributed by atoms with van der Waals surface area (Å²) in [6.45, 7) is 0.207. The van der Waals surface area contributed by atoms with Crippen LogP contribution in [0, 0.1) is 11.7 Å². The SMILES string of the molecule is NCC(c1c(F)cccc1Cl)C(O)C1CC1. The number of hydrogen-bond donors (Lipinski definition) is 2. The second-order valence-corrected chi connectivity index (χ2v) is 4.71. The van der Waals surface area contributed by atoms with Gasteiger partial charge in [0, 0.05) is 23.0 Å². The van der Waals surface area contributed by atoms with Crippen molar-refractivity contribution in [2.75, 3.05) is 6.54 Å². The van der Waals surface area contributed by atoms with Gasteiger partial charge in [-0.05, 0) is 30.9 Å². The minimum atomic E-state index is -0.584. The molecule has 2 unspecified atom stereocenters. The van der Waals surface area contributed by atoms with E-state index in [1.165, 1.54) is 6.07 Å². The Bertz CT molecular complexity index is 361. The highest BCUT2D eigenvalue weighted by molar-refractivity contribution is 6.31. The van der Waals surface area contributed by atoms with Crippen LogP contribution in [0.1, 0.15) is 24.3 Å². The van der Waals surface area contributed by atoms with Gasteiger partial charge in [0.2, 0.25) is 0 Å². The molecule has 0 amide bonds. The summed E-state index contributed by atoms with van der Waals surface area (Å²) >= 11 is 5.97. The van der Waals surface area contributed by atoms with Crippen LogP contribution in [-0.2, 0) is 0 Å². The Labute approximate surface area is 99.2 Å². The Balaban J connectivity index is 2.31. The first-order chi connectivity index (χ1) is 7.65. The molecular formula is C12H15ClFNO. The molecule has 0 saturated heterocycles. The molecule has 2 nitrogen and oxygen atoms in total. The van der Waals surface area contributed by atoms with Crippen molar-refractivity contribution in [3.05, 3.63) is 34.6 Å². The van der Waals surface area contributed by atoms with Crippen molar-refractivity contribution in [1.82, 2.24) is 0 Å². The summed E-state index contributed by atoms with van der Waals surface area (Å²) in [5.41, 5.74) is 5.98. The van der Waals surface area contributed by atoms with E-state index in [1.54, 1.807) is 12.1 Å². The Kier molecular flexibility index (Phi) is 3.47. The van der Waals surface area contributed by atoms with E-state index < -0.39 is 12.0 Å². The van der Waals surface area contributed by atoms with Gasteiger partial charge in [-0.2, -0.15) is 0 Å². The Hall–Kier alpha value is -0.640. The molecule has 1 aromatic carbocycles. The van der Waals surface area contributed by atoms with Gasteiger partial charge in [-0.15, -0.1) is 0 Å². The third-order valence-corrected chi connectivity index (χ3v) is 3.47. The molecule has 1 saturated carbocycles. The maximum absolute atomic E-state index is 13.7. The van der Waals surface area contributed by atoms with Crippen LogP contribution in [-0.4, -0.2) is 17.8 Å². The van der Waals surface area contributed by atoms with Gasteiger partial charge in [0.1, 0.15) is 5.82 Å². The van der Waals surface area contributed by atoms with E-state index in [0.717, 1.165) is 12.8 Å². The van der Waals surface area contributed by atoms with Crippen LogP contribution in [0.4, 0.5) is 4.39 Å². The Morgan fingerprint density at radius 1 is 1.50 bits per heavy atom. The molecule has 0 bridgehead atoms. The maximum atomic E-state index is 13.7. The smallest absolute Gasteiger partial charge is 0.128 e. The lowest BCUT2D eigenvalue weighted by Gasteiger charge is -2.23. The normalized spacial score (nSPS) is 19.5. The summed E-state index contributed by atoms with van der Waals surface area (Å²) in [4.78, 5) is 0. The summed E-state index contributed by atoms with van der Waals surface area (Å²) in [6, 6.07) is 4.53. The van der Waals surface area contributed by atoms with Crippen molar-refractivity contribution < 1.29 is 9.50 Å². The largest absolute Gasteiger partial charge is 0.392 e. The minimum Gasteiger partial charge on any atom is -0.392 e. The van der Waals surface area contributed by atoms with Crippen LogP contribution in [0.2, 0.25) is 5.02 Å². The molecular weight excluding hydrogens is 229 g/mol. The topological polar surface area (TPSA) is 46.2 Å². The van der Waals surface area contributed by atoms with Crippen molar-refractivity contribution >= 4 is 11.6 Å². The molecule has 0 spiro atoms. The fraction of sp³-hybridized carbons (Fsp3) is 0.500. The molecule has 0 aliphatic heterocycles. The fourth-order valence-corrected chi connectivity index (χ4v) is 2.36. The first-order valence-electron chi connectivity index (χ1n) is 5.47. The predicted octanol–water partition coefficient (Wildman–Crippen LogP) is 2.29. The molecule has 1 aromatic rings. The van der Waals surface area contributed by atoms with Crippen molar-refractivity contribution in [3.63, 3.8) is 0 Å². The van der Waals surface area contributed by atoms with Crippen LogP contribution < -0.4 is 5.73 Å². The zero-order valence-corrected chi connectivity index (χ0v) is 9.62. The Morgan fingerprint density at radius 2 is 2.19 bits per heavy atom. The van der Waals surface area contributed by atoms with Crippen LogP contribution >= 0.6 is 11.6 Å². The van der Waals surface area contributed by atoms with Crippen LogP contribution in [0.15, 0.2) is 18.2 Å². The highest BCUT2D eigenvalue weighted by Gasteiger charge is 2.37. The van der Waals surface area contributed by atoms with Gasteiger partial charge >= 0.3 is 0 Å². The number of hydrogen-bond acceptors (Lipinski definition) is 2. The number of aliphatic hydroxyl groups is 1. The molecule has 3 N–H and O–H groups in total. The highest BCUT2D eigenvalue weighted by atomic mass is 35.5. The lowest BCUT2D eigenvalue weighted by molar-refractivity contribution is 0.121. The minimum absolute atomic E-state index is 0.207. The second-order valence-electron chi connectivity index (χ2n) is 4.31. The van der Waals surface area contributed by atoms with Crippen molar-refractivity contribution in [3.8, 4) is 0 Å². The first-order valence-corrected chi connectivity index (χ1v) is 5.85. The van der Waals surface area contributed by atoms with Crippen molar-refractivity contribution in [1.29, 1.82) is 0 Å². The number of halogens is 2. The third-order valence-electron chi connectivity index (χ3n) is 3.14. The molecule has 2 atom stereocenters. The average Bonchev–Trinajstić information content (AvgIpc) is 3.06. The molecule has 0 heterocycles. The van der Waals surface area contributed by atoms with E-state index in [4.69, 9.17) is 17.3 Å². The molecule has 1 aliphatic rings. The number of rotatable bonds is 4. The van der Waals surface area contributed by atoms with Gasteiger partial charge in [-0.25, -0.2) is 4.39 Å². The number of nitrogens with two attached hydrogens (primary N) is 1. The second kappa shape index (κ2) is 4.70. The van der Waals surface area contributed by atoms with E-state index in [0.29, 0.717) is 10.6 Å². The number of benzene rings is 1. The lowest BCUT2D eigenvalue weighted by atomic mass is 9.90. The van der Waals surface area contributed by atoms with Gasteiger partial charge in [-0.1, -0.05) is 17.7 Å². The van der Waals surface area contributed by atoms with E-state index in [1.807, 2.05) is 0 Å². The molecule has 1 aliphatic carbocycles. The van der Waals surface area contributed by atoms with Crippen LogP contribution in [0.25, 0.3) is 0 Å². The highest BCUT2D eigenvalue weighted by Crippen LogP contribution is 2.40. The van der Waals surface area contributed by atoms with Gasteiger partial charge in [-0.3, -0.25) is 0 Å². The van der Waals surface area contributed by atoms with Crippen molar-refractivity contribution in [2.24, 2.45) is 11.7 Å². The number of aliphatic hydroxyl groups excluding tert-OH is 1. The zero-order valence-electron chi connectivity index (χ0n) is 8.87. The summed E-state index contributed by atoms with van der Waals surface area (Å²) < 4.78 is 13.7. The third kappa shape index (κ3) is 2.21. The summed E-state index contributed by atoms with van der Waals surface area (Å²) in [5, 5.41) is 10.4. The van der Waals surface area contributed by atoms with Gasteiger partial charge < -0.3 is 10.8 Å². The quantitative estimate of drug-likeness (QED) is 0.852. The predicted molar refractivity (Wildman–Crippen MR) is 61.9 cm³/mol. The summed E-state index contributed by atoms with van der Waals surface area (Å²) in [6.07, 6.45) is 1.40. The summed E-state index contributed by atoms with van der Waals surface area (Å²) in [5.74, 6) is -0.534. The standard InChI is InChI=1S/C12H15ClFNO/c13-9-2-1-3-10(14)11(9)8(6-15)12(16)7-4-5-7/h1-3,7-8,12,16H,4-6,15H2. The van der Waals surface area contributed by atoms with E-state index in [9.17, 15) is 9.50 Å². The average molecular weight is 244 g/mol. The first kappa shape index (κ1) is 11.8. The van der Waals surface area contributed by atoms with E-state index >= 15 is 0 Å². The van der Waals surface area contributed by atoms with Gasteiger partial charge in [0.05, 0.1) is 6.10 Å². The monoisotopic (exact) mass is 243 g/mol. The van der Waals surface area contributed by atoms with E-state index in [2.05, 4.69) is 0 Å². The molecule has 1 fully saturated rings. The lowest BCUT2D eigenvalue weighted by Crippen LogP contribution is -2.28. The molecule has 2 rings (SSSR count). The zero-order chi connectivity index (χ0) is 11.7. The molecule has 16 heavy (non-hydrogen) atoms. The van der Waals surface area contributed by atoms with Crippen molar-refractivity contribution in [2.45, 2.75) is 24.9 Å². The fourth-order valence-electron chi connectivity index (χ4n) is 2.06. The molecule has 0 radical (unpaired) electrons. The Morgan fingerprint density at radius 3 is 2.69 bits per heavy atom. The van der Waals surface area contributed by atoms with Gasteiger partial charge in [0.25, 0.3) is 0 Å². The van der Waals surface area contributed by atoms with Crippen LogP contribution in [0.5, 0.6) is 0 Å².